The number of imidazole rings is 1. The first kappa shape index (κ1) is 16.6. The van der Waals surface area contributed by atoms with Crippen LogP contribution in [-0.2, 0) is 0 Å². The molecule has 0 unspecified atom stereocenters. The van der Waals surface area contributed by atoms with Crippen molar-refractivity contribution in [2.75, 3.05) is 0 Å². The van der Waals surface area contributed by atoms with Crippen LogP contribution >= 0.6 is 0 Å². The molecule has 4 rings (SSSR count). The molecule has 0 saturated carbocycles. The van der Waals surface area contributed by atoms with E-state index in [1.54, 1.807) is 18.2 Å². The SMILES string of the molecule is O=[N+]([O-])c1ccc(Oc2ccc3ncn(-c4ccc(F)cc4F)c3c2)nc1. The number of nitro groups is 1. The Morgan fingerprint density at radius 1 is 1.04 bits per heavy atom. The molecule has 0 spiro atoms. The van der Waals surface area contributed by atoms with Crippen molar-refractivity contribution in [3.05, 3.63) is 82.8 Å². The van der Waals surface area contributed by atoms with Gasteiger partial charge in [-0.1, -0.05) is 0 Å². The second kappa shape index (κ2) is 6.45. The van der Waals surface area contributed by atoms with Gasteiger partial charge in [0.2, 0.25) is 5.88 Å². The molecule has 2 heterocycles. The fourth-order valence-electron chi connectivity index (χ4n) is 2.58. The Hall–Kier alpha value is -3.88. The standard InChI is InChI=1S/C18H10F2N4O3/c19-11-1-5-16(14(20)7-11)23-10-22-15-4-3-13(8-17(15)23)27-18-6-2-12(9-21-18)24(25)26/h1-10H. The van der Waals surface area contributed by atoms with Gasteiger partial charge in [-0.3, -0.25) is 14.7 Å². The highest BCUT2D eigenvalue weighted by molar-refractivity contribution is 5.79. The van der Waals surface area contributed by atoms with Gasteiger partial charge in [-0.25, -0.2) is 18.7 Å². The first-order chi connectivity index (χ1) is 13.0. The number of aromatic nitrogens is 3. The normalized spacial score (nSPS) is 10.9. The molecule has 0 atom stereocenters. The summed E-state index contributed by atoms with van der Waals surface area (Å²) in [5, 5.41) is 10.7. The predicted octanol–water partition coefficient (Wildman–Crippen LogP) is 4.40. The predicted molar refractivity (Wildman–Crippen MR) is 92.0 cm³/mol. The lowest BCUT2D eigenvalue weighted by molar-refractivity contribution is -0.385. The van der Waals surface area contributed by atoms with Gasteiger partial charge in [-0.15, -0.1) is 0 Å². The summed E-state index contributed by atoms with van der Waals surface area (Å²) in [7, 11) is 0. The maximum Gasteiger partial charge on any atom is 0.287 e. The number of hydrogen-bond donors (Lipinski definition) is 0. The number of hydrogen-bond acceptors (Lipinski definition) is 5. The molecule has 2 aromatic carbocycles. The van der Waals surface area contributed by atoms with E-state index in [0.29, 0.717) is 16.8 Å². The van der Waals surface area contributed by atoms with Crippen LogP contribution in [-0.4, -0.2) is 19.5 Å². The van der Waals surface area contributed by atoms with Crippen LogP contribution < -0.4 is 4.74 Å². The average Bonchev–Trinajstić information content (AvgIpc) is 3.05. The fourth-order valence-corrected chi connectivity index (χ4v) is 2.58. The number of benzene rings is 2. The van der Waals surface area contributed by atoms with E-state index in [1.807, 2.05) is 0 Å². The summed E-state index contributed by atoms with van der Waals surface area (Å²) in [6.45, 7) is 0. The molecular weight excluding hydrogens is 358 g/mol. The monoisotopic (exact) mass is 368 g/mol. The molecule has 134 valence electrons. The van der Waals surface area contributed by atoms with Gasteiger partial charge in [0.15, 0.2) is 0 Å². The molecule has 0 bridgehead atoms. The van der Waals surface area contributed by atoms with E-state index >= 15 is 0 Å². The molecule has 0 aliphatic carbocycles. The van der Waals surface area contributed by atoms with Crippen LogP contribution in [0.3, 0.4) is 0 Å². The Kier molecular flexibility index (Phi) is 3.96. The first-order valence-corrected chi connectivity index (χ1v) is 7.72. The average molecular weight is 368 g/mol. The number of ether oxygens (including phenoxy) is 1. The van der Waals surface area contributed by atoms with Crippen LogP contribution in [0.1, 0.15) is 0 Å². The van der Waals surface area contributed by atoms with Crippen molar-refractivity contribution in [3.8, 4) is 17.3 Å². The second-order valence-corrected chi connectivity index (χ2v) is 5.57. The first-order valence-electron chi connectivity index (χ1n) is 7.72. The Morgan fingerprint density at radius 2 is 1.89 bits per heavy atom. The van der Waals surface area contributed by atoms with Crippen LogP contribution in [0.4, 0.5) is 14.5 Å². The Bertz CT molecular complexity index is 1160. The zero-order chi connectivity index (χ0) is 19.0. The van der Waals surface area contributed by atoms with Crippen LogP contribution in [0, 0.1) is 21.7 Å². The summed E-state index contributed by atoms with van der Waals surface area (Å²) in [6.07, 6.45) is 2.51. The maximum absolute atomic E-state index is 14.1. The largest absolute Gasteiger partial charge is 0.439 e. The number of halogens is 2. The molecule has 7 nitrogen and oxygen atoms in total. The number of fused-ring (bicyclic) bond motifs is 1. The molecule has 0 aliphatic rings. The lowest BCUT2D eigenvalue weighted by atomic mass is 10.2. The lowest BCUT2D eigenvalue weighted by Gasteiger charge is -2.08. The number of nitrogens with zero attached hydrogens (tertiary/aromatic N) is 4. The van der Waals surface area contributed by atoms with Gasteiger partial charge < -0.3 is 4.74 Å². The third-order valence-corrected chi connectivity index (χ3v) is 3.84. The van der Waals surface area contributed by atoms with Crippen molar-refractivity contribution >= 4 is 16.7 Å². The van der Waals surface area contributed by atoms with Gasteiger partial charge in [-0.2, -0.15) is 0 Å². The van der Waals surface area contributed by atoms with Crippen molar-refractivity contribution in [1.82, 2.24) is 14.5 Å². The molecule has 4 aromatic rings. The number of rotatable bonds is 4. The Labute approximate surface area is 150 Å². The summed E-state index contributed by atoms with van der Waals surface area (Å²) >= 11 is 0. The molecule has 9 heteroatoms. The van der Waals surface area contributed by atoms with Gasteiger partial charge in [0.25, 0.3) is 5.69 Å². The zero-order valence-electron chi connectivity index (χ0n) is 13.5. The van der Waals surface area contributed by atoms with Crippen LogP contribution in [0.25, 0.3) is 16.7 Å². The maximum atomic E-state index is 14.1. The third-order valence-electron chi connectivity index (χ3n) is 3.84. The highest BCUT2D eigenvalue weighted by Crippen LogP contribution is 2.27. The van der Waals surface area contributed by atoms with Gasteiger partial charge >= 0.3 is 0 Å². The van der Waals surface area contributed by atoms with Gasteiger partial charge in [0.1, 0.15) is 29.9 Å². The molecule has 0 radical (unpaired) electrons. The molecule has 0 N–H and O–H groups in total. The van der Waals surface area contributed by atoms with Gasteiger partial charge in [-0.05, 0) is 24.3 Å². The quantitative estimate of drug-likeness (QED) is 0.394. The molecule has 2 aromatic heterocycles. The smallest absolute Gasteiger partial charge is 0.287 e. The van der Waals surface area contributed by atoms with Crippen LogP contribution in [0.15, 0.2) is 61.1 Å². The minimum atomic E-state index is -0.724. The Morgan fingerprint density at radius 3 is 2.59 bits per heavy atom. The molecule has 0 aliphatic heterocycles. The van der Waals surface area contributed by atoms with E-state index in [2.05, 4.69) is 9.97 Å². The highest BCUT2D eigenvalue weighted by Gasteiger charge is 2.12. The Balaban J connectivity index is 1.70. The summed E-state index contributed by atoms with van der Waals surface area (Å²) in [4.78, 5) is 18.2. The molecule has 0 fully saturated rings. The second-order valence-electron chi connectivity index (χ2n) is 5.57. The van der Waals surface area contributed by atoms with E-state index in [9.17, 15) is 18.9 Å². The summed E-state index contributed by atoms with van der Waals surface area (Å²) in [5.74, 6) is -0.848. The van der Waals surface area contributed by atoms with E-state index in [4.69, 9.17) is 4.74 Å². The molecule has 0 saturated heterocycles. The fraction of sp³-hybridized carbons (Fsp3) is 0. The minimum absolute atomic E-state index is 0.143. The van der Waals surface area contributed by atoms with Crippen molar-refractivity contribution < 1.29 is 18.4 Å². The van der Waals surface area contributed by atoms with E-state index in [0.717, 1.165) is 18.3 Å². The van der Waals surface area contributed by atoms with Crippen molar-refractivity contribution in [2.24, 2.45) is 0 Å². The summed E-state index contributed by atoms with van der Waals surface area (Å²) < 4.78 is 34.3. The molecule has 27 heavy (non-hydrogen) atoms. The van der Waals surface area contributed by atoms with Gasteiger partial charge in [0, 0.05) is 24.3 Å². The minimum Gasteiger partial charge on any atom is -0.439 e. The van der Waals surface area contributed by atoms with Crippen molar-refractivity contribution in [1.29, 1.82) is 0 Å². The van der Waals surface area contributed by atoms with E-state index in [1.165, 1.54) is 29.1 Å². The number of pyridine rings is 1. The van der Waals surface area contributed by atoms with Crippen LogP contribution in [0.5, 0.6) is 11.6 Å². The van der Waals surface area contributed by atoms with Gasteiger partial charge in [0.05, 0.1) is 21.6 Å². The molecule has 0 amide bonds. The zero-order valence-corrected chi connectivity index (χ0v) is 13.5. The summed E-state index contributed by atoms with van der Waals surface area (Å²) in [5.41, 5.74) is 1.12. The van der Waals surface area contributed by atoms with Crippen molar-refractivity contribution in [3.63, 3.8) is 0 Å². The van der Waals surface area contributed by atoms with E-state index < -0.39 is 16.6 Å². The highest BCUT2D eigenvalue weighted by atomic mass is 19.1. The van der Waals surface area contributed by atoms with Crippen molar-refractivity contribution in [2.45, 2.75) is 0 Å². The van der Waals surface area contributed by atoms with E-state index in [-0.39, 0.29) is 17.3 Å². The molecular formula is C18H10F2N4O3. The third kappa shape index (κ3) is 3.17. The topological polar surface area (TPSA) is 83.1 Å². The van der Waals surface area contributed by atoms with Crippen LogP contribution in [0.2, 0.25) is 0 Å². The summed E-state index contributed by atoms with van der Waals surface area (Å²) in [6, 6.07) is 10.9. The lowest BCUT2D eigenvalue weighted by Crippen LogP contribution is -1.97.